The van der Waals surface area contributed by atoms with Gasteiger partial charge in [0, 0.05) is 30.4 Å². The van der Waals surface area contributed by atoms with Gasteiger partial charge in [-0.25, -0.2) is 9.97 Å². The molecule has 1 unspecified atom stereocenters. The molecule has 5 nitrogen and oxygen atoms in total. The Morgan fingerprint density at radius 3 is 2.80 bits per heavy atom. The summed E-state index contributed by atoms with van der Waals surface area (Å²) in [6.45, 7) is 1.96. The second kappa shape index (κ2) is 7.08. The fourth-order valence-corrected chi connectivity index (χ4v) is 4.04. The smallest absolute Gasteiger partial charge is 0.224 e. The largest absolute Gasteiger partial charge is 0.497 e. The average molecular weight is 359 g/mol. The first-order valence-electron chi connectivity index (χ1n) is 8.94. The van der Waals surface area contributed by atoms with Crippen molar-refractivity contribution in [1.29, 1.82) is 0 Å². The number of benzene rings is 1. The molecular formula is C19H23ClN4O. The summed E-state index contributed by atoms with van der Waals surface area (Å²) < 4.78 is 5.23. The van der Waals surface area contributed by atoms with Crippen LogP contribution in [-0.4, -0.2) is 36.2 Å². The van der Waals surface area contributed by atoms with Gasteiger partial charge in [-0.1, -0.05) is 0 Å². The molecule has 2 aliphatic rings. The fraction of sp³-hybridized carbons (Fsp3) is 0.474. The molecule has 1 aliphatic heterocycles. The summed E-state index contributed by atoms with van der Waals surface area (Å²) in [5.41, 5.74) is 3.56. The first-order chi connectivity index (χ1) is 12.2. The Kier molecular flexibility index (Phi) is 4.66. The van der Waals surface area contributed by atoms with Gasteiger partial charge in [-0.15, -0.1) is 0 Å². The zero-order valence-corrected chi connectivity index (χ0v) is 15.2. The maximum Gasteiger partial charge on any atom is 0.224 e. The number of methoxy groups -OCH3 is 1. The van der Waals surface area contributed by atoms with Crippen LogP contribution in [0.15, 0.2) is 24.3 Å². The van der Waals surface area contributed by atoms with E-state index in [9.17, 15) is 0 Å². The van der Waals surface area contributed by atoms with Crippen LogP contribution < -0.4 is 15.0 Å². The van der Waals surface area contributed by atoms with E-state index >= 15 is 0 Å². The van der Waals surface area contributed by atoms with Crippen LogP contribution in [0.25, 0.3) is 0 Å². The SMILES string of the molecule is COc1ccc(NC2CCCN(c3nc(Cl)nc4c3CCC4)C2)cc1. The van der Waals surface area contributed by atoms with Gasteiger partial charge >= 0.3 is 0 Å². The monoisotopic (exact) mass is 358 g/mol. The van der Waals surface area contributed by atoms with Crippen molar-refractivity contribution in [3.8, 4) is 5.75 Å². The summed E-state index contributed by atoms with van der Waals surface area (Å²) in [6, 6.07) is 8.50. The summed E-state index contributed by atoms with van der Waals surface area (Å²) in [7, 11) is 1.69. The Hall–Kier alpha value is -2.01. The molecule has 1 aliphatic carbocycles. The first-order valence-corrected chi connectivity index (χ1v) is 9.31. The van der Waals surface area contributed by atoms with Gasteiger partial charge in [0.1, 0.15) is 11.6 Å². The molecule has 1 aromatic heterocycles. The van der Waals surface area contributed by atoms with E-state index in [0.29, 0.717) is 11.3 Å². The third-order valence-corrected chi connectivity index (χ3v) is 5.23. The highest BCUT2D eigenvalue weighted by molar-refractivity contribution is 6.28. The fourth-order valence-electron chi connectivity index (χ4n) is 3.86. The molecule has 0 saturated carbocycles. The van der Waals surface area contributed by atoms with Crippen molar-refractivity contribution >= 4 is 23.1 Å². The molecule has 1 N–H and O–H groups in total. The van der Waals surface area contributed by atoms with Gasteiger partial charge in [0.15, 0.2) is 0 Å². The Balaban J connectivity index is 1.49. The molecule has 0 radical (unpaired) electrons. The summed E-state index contributed by atoms with van der Waals surface area (Å²) in [5.74, 6) is 1.93. The van der Waals surface area contributed by atoms with E-state index < -0.39 is 0 Å². The lowest BCUT2D eigenvalue weighted by molar-refractivity contribution is 0.415. The van der Waals surface area contributed by atoms with E-state index in [2.05, 4.69) is 32.3 Å². The van der Waals surface area contributed by atoms with E-state index in [-0.39, 0.29) is 0 Å². The van der Waals surface area contributed by atoms with Crippen molar-refractivity contribution in [2.24, 2.45) is 0 Å². The standard InChI is InChI=1S/C19H23ClN4O/c1-25-15-9-7-13(8-10-15)21-14-4-3-11-24(12-14)18-16-5-2-6-17(16)22-19(20)23-18/h7-10,14,21H,2-6,11-12H2,1H3. The van der Waals surface area contributed by atoms with Crippen LogP contribution in [0.1, 0.15) is 30.5 Å². The van der Waals surface area contributed by atoms with Crippen LogP contribution in [0.3, 0.4) is 0 Å². The number of nitrogens with zero attached hydrogens (tertiary/aromatic N) is 3. The average Bonchev–Trinajstić information content (AvgIpc) is 3.10. The van der Waals surface area contributed by atoms with E-state index in [0.717, 1.165) is 68.1 Å². The van der Waals surface area contributed by atoms with E-state index in [4.69, 9.17) is 16.3 Å². The quantitative estimate of drug-likeness (QED) is 0.844. The molecule has 0 amide bonds. The van der Waals surface area contributed by atoms with Crippen molar-refractivity contribution in [1.82, 2.24) is 9.97 Å². The van der Waals surface area contributed by atoms with Gasteiger partial charge in [-0.2, -0.15) is 0 Å². The van der Waals surface area contributed by atoms with Crippen molar-refractivity contribution < 1.29 is 4.74 Å². The van der Waals surface area contributed by atoms with Crippen LogP contribution in [-0.2, 0) is 12.8 Å². The summed E-state index contributed by atoms with van der Waals surface area (Å²) in [6.07, 6.45) is 5.54. The Morgan fingerprint density at radius 1 is 1.16 bits per heavy atom. The van der Waals surface area contributed by atoms with Crippen molar-refractivity contribution in [2.75, 3.05) is 30.4 Å². The van der Waals surface area contributed by atoms with Gasteiger partial charge in [0.25, 0.3) is 0 Å². The number of nitrogens with one attached hydrogen (secondary N) is 1. The molecule has 4 rings (SSSR count). The number of ether oxygens (including phenoxy) is 1. The van der Waals surface area contributed by atoms with Crippen molar-refractivity contribution in [2.45, 2.75) is 38.1 Å². The number of hydrogen-bond acceptors (Lipinski definition) is 5. The lowest BCUT2D eigenvalue weighted by Gasteiger charge is -2.35. The lowest BCUT2D eigenvalue weighted by Crippen LogP contribution is -2.43. The van der Waals surface area contributed by atoms with E-state index in [1.165, 1.54) is 5.56 Å². The number of hydrogen-bond donors (Lipinski definition) is 1. The predicted octanol–water partition coefficient (Wildman–Crippen LogP) is 3.71. The maximum absolute atomic E-state index is 6.17. The molecule has 1 aromatic carbocycles. The second-order valence-electron chi connectivity index (χ2n) is 6.75. The summed E-state index contributed by atoms with van der Waals surface area (Å²) >= 11 is 6.17. The number of fused-ring (bicyclic) bond motifs is 1. The van der Waals surface area contributed by atoms with Gasteiger partial charge in [0.2, 0.25) is 5.28 Å². The van der Waals surface area contributed by atoms with Crippen LogP contribution in [0, 0.1) is 0 Å². The zero-order chi connectivity index (χ0) is 17.2. The maximum atomic E-state index is 6.17. The lowest BCUT2D eigenvalue weighted by atomic mass is 10.0. The van der Waals surface area contributed by atoms with E-state index in [1.807, 2.05) is 12.1 Å². The van der Waals surface area contributed by atoms with Gasteiger partial charge in [0.05, 0.1) is 12.8 Å². The van der Waals surface area contributed by atoms with Gasteiger partial charge in [-0.05, 0) is 68.0 Å². The van der Waals surface area contributed by atoms with E-state index in [1.54, 1.807) is 7.11 Å². The minimum atomic E-state index is 0.376. The number of aromatic nitrogens is 2. The van der Waals surface area contributed by atoms with Crippen LogP contribution >= 0.6 is 11.6 Å². The van der Waals surface area contributed by atoms with Gasteiger partial charge in [-0.3, -0.25) is 0 Å². The first kappa shape index (κ1) is 16.5. The highest BCUT2D eigenvalue weighted by Gasteiger charge is 2.26. The number of aryl methyl sites for hydroxylation is 1. The minimum Gasteiger partial charge on any atom is -0.497 e. The molecule has 1 atom stereocenters. The van der Waals surface area contributed by atoms with Crippen LogP contribution in [0.5, 0.6) is 5.75 Å². The molecule has 6 heteroatoms. The molecule has 0 bridgehead atoms. The highest BCUT2D eigenvalue weighted by Crippen LogP contribution is 2.32. The van der Waals surface area contributed by atoms with Crippen molar-refractivity contribution in [3.05, 3.63) is 40.8 Å². The molecule has 2 heterocycles. The van der Waals surface area contributed by atoms with Crippen LogP contribution in [0.4, 0.5) is 11.5 Å². The molecule has 0 spiro atoms. The molecule has 1 saturated heterocycles. The summed E-state index contributed by atoms with van der Waals surface area (Å²) in [5, 5.41) is 4.02. The van der Waals surface area contributed by atoms with Gasteiger partial charge < -0.3 is 15.0 Å². The predicted molar refractivity (Wildman–Crippen MR) is 101 cm³/mol. The molecule has 1 fully saturated rings. The normalized spacial score (nSPS) is 19.6. The topological polar surface area (TPSA) is 50.3 Å². The zero-order valence-electron chi connectivity index (χ0n) is 14.5. The number of anilines is 2. The second-order valence-corrected chi connectivity index (χ2v) is 7.09. The van der Waals surface area contributed by atoms with Crippen LogP contribution in [0.2, 0.25) is 5.28 Å². The number of rotatable bonds is 4. The molecular weight excluding hydrogens is 336 g/mol. The third-order valence-electron chi connectivity index (χ3n) is 5.07. The number of halogens is 1. The molecule has 132 valence electrons. The van der Waals surface area contributed by atoms with Crippen molar-refractivity contribution in [3.63, 3.8) is 0 Å². The summed E-state index contributed by atoms with van der Waals surface area (Å²) in [4.78, 5) is 11.4. The third kappa shape index (κ3) is 3.52. The Bertz CT molecular complexity index is 750. The minimum absolute atomic E-state index is 0.376. The molecule has 25 heavy (non-hydrogen) atoms. The Labute approximate surface area is 153 Å². The highest BCUT2D eigenvalue weighted by atomic mass is 35.5. The Morgan fingerprint density at radius 2 is 2.00 bits per heavy atom. The number of piperidine rings is 1. The molecule has 2 aromatic rings.